The Hall–Kier alpha value is -2.37. The number of hydrogen-bond acceptors (Lipinski definition) is 4. The number of halogens is 2. The van der Waals surface area contributed by atoms with Crippen LogP contribution in [0.5, 0.6) is 17.2 Å². The Morgan fingerprint density at radius 3 is 2.37 bits per heavy atom. The van der Waals surface area contributed by atoms with Gasteiger partial charge in [-0.15, -0.1) is 0 Å². The minimum Gasteiger partial charge on any atom is -0.508 e. The first-order valence-corrected chi connectivity index (χ1v) is 9.49. The van der Waals surface area contributed by atoms with Crippen LogP contribution in [-0.4, -0.2) is 12.2 Å². The monoisotopic (exact) mass is 447 g/mol. The van der Waals surface area contributed by atoms with Crippen LogP contribution >= 0.6 is 27.5 Å². The topological polar surface area (TPSA) is 50.7 Å². The summed E-state index contributed by atoms with van der Waals surface area (Å²) < 4.78 is 12.3. The molecular formula is C21H19BrClNO3. The van der Waals surface area contributed by atoms with E-state index < -0.39 is 0 Å². The largest absolute Gasteiger partial charge is 0.508 e. The van der Waals surface area contributed by atoms with E-state index in [0.29, 0.717) is 29.7 Å². The molecule has 0 unspecified atom stereocenters. The van der Waals surface area contributed by atoms with Gasteiger partial charge in [-0.3, -0.25) is 0 Å². The molecule has 3 rings (SSSR count). The predicted octanol–water partition coefficient (Wildman–Crippen LogP) is 6.01. The van der Waals surface area contributed by atoms with E-state index in [0.717, 1.165) is 21.3 Å². The highest BCUT2D eigenvalue weighted by Gasteiger charge is 2.11. The van der Waals surface area contributed by atoms with Crippen LogP contribution in [-0.2, 0) is 13.2 Å². The second kappa shape index (κ2) is 9.02. The zero-order chi connectivity index (χ0) is 19.2. The first-order valence-electron chi connectivity index (χ1n) is 8.31. The van der Waals surface area contributed by atoms with Crippen LogP contribution in [0, 0.1) is 0 Å². The maximum Gasteiger partial charge on any atom is 0.162 e. The number of phenols is 1. The SMILES string of the molecule is COc1cc(CNc2ccc(O)cc2)c(Br)cc1OCc1ccc(Cl)cc1. The Morgan fingerprint density at radius 2 is 1.70 bits per heavy atom. The molecule has 0 aliphatic heterocycles. The quantitative estimate of drug-likeness (QED) is 0.435. The van der Waals surface area contributed by atoms with Crippen molar-refractivity contribution in [2.24, 2.45) is 0 Å². The zero-order valence-corrected chi connectivity index (χ0v) is 17.0. The number of aromatic hydroxyl groups is 1. The van der Waals surface area contributed by atoms with Crippen molar-refractivity contribution in [2.45, 2.75) is 13.2 Å². The molecule has 3 aromatic rings. The number of methoxy groups -OCH3 is 1. The standard InChI is InChI=1S/C21H19BrClNO3/c1-26-20-10-15(12-24-17-6-8-18(25)9-7-17)19(22)11-21(20)27-13-14-2-4-16(23)5-3-14/h2-11,24-25H,12-13H2,1H3. The van der Waals surface area contributed by atoms with Crippen molar-refractivity contribution in [2.75, 3.05) is 12.4 Å². The van der Waals surface area contributed by atoms with Gasteiger partial charge in [0.2, 0.25) is 0 Å². The van der Waals surface area contributed by atoms with Crippen molar-refractivity contribution >= 4 is 33.2 Å². The van der Waals surface area contributed by atoms with Gasteiger partial charge in [-0.25, -0.2) is 0 Å². The second-order valence-corrected chi connectivity index (χ2v) is 7.20. The molecule has 2 N–H and O–H groups in total. The molecule has 0 fully saturated rings. The molecule has 0 radical (unpaired) electrons. The van der Waals surface area contributed by atoms with Crippen LogP contribution in [0.3, 0.4) is 0 Å². The van der Waals surface area contributed by atoms with E-state index >= 15 is 0 Å². The maximum absolute atomic E-state index is 9.36. The molecule has 0 bridgehead atoms. The predicted molar refractivity (Wildman–Crippen MR) is 112 cm³/mol. The van der Waals surface area contributed by atoms with Gasteiger partial charge in [0.1, 0.15) is 12.4 Å². The Morgan fingerprint density at radius 1 is 1.00 bits per heavy atom. The van der Waals surface area contributed by atoms with Gasteiger partial charge < -0.3 is 19.9 Å². The molecular weight excluding hydrogens is 430 g/mol. The number of phenolic OH excluding ortho intramolecular Hbond substituents is 1. The van der Waals surface area contributed by atoms with Crippen LogP contribution in [0.15, 0.2) is 65.1 Å². The first-order chi connectivity index (χ1) is 13.0. The summed E-state index contributed by atoms with van der Waals surface area (Å²) in [5, 5.41) is 13.4. The average molecular weight is 449 g/mol. The summed E-state index contributed by atoms with van der Waals surface area (Å²) in [5.74, 6) is 1.56. The third-order valence-electron chi connectivity index (χ3n) is 3.99. The lowest BCUT2D eigenvalue weighted by molar-refractivity contribution is 0.284. The fraction of sp³-hybridized carbons (Fsp3) is 0.143. The number of hydrogen-bond donors (Lipinski definition) is 2. The van der Waals surface area contributed by atoms with E-state index in [4.69, 9.17) is 21.1 Å². The van der Waals surface area contributed by atoms with E-state index in [-0.39, 0.29) is 5.75 Å². The van der Waals surface area contributed by atoms with E-state index in [9.17, 15) is 5.11 Å². The number of benzene rings is 3. The van der Waals surface area contributed by atoms with Crippen molar-refractivity contribution in [1.29, 1.82) is 0 Å². The summed E-state index contributed by atoms with van der Waals surface area (Å²) in [5.41, 5.74) is 2.97. The molecule has 3 aromatic carbocycles. The van der Waals surface area contributed by atoms with Crippen LogP contribution in [0.4, 0.5) is 5.69 Å². The number of ether oxygens (including phenoxy) is 2. The fourth-order valence-electron chi connectivity index (χ4n) is 2.50. The molecule has 0 heterocycles. The Kier molecular flexibility index (Phi) is 6.48. The van der Waals surface area contributed by atoms with Crippen LogP contribution in [0.2, 0.25) is 5.02 Å². The molecule has 0 amide bonds. The Bertz CT molecular complexity index is 899. The summed E-state index contributed by atoms with van der Waals surface area (Å²) in [7, 11) is 1.62. The van der Waals surface area contributed by atoms with Gasteiger partial charge in [-0.1, -0.05) is 39.7 Å². The molecule has 0 aromatic heterocycles. The lowest BCUT2D eigenvalue weighted by atomic mass is 10.2. The lowest BCUT2D eigenvalue weighted by Gasteiger charge is -2.15. The van der Waals surface area contributed by atoms with Crippen molar-refractivity contribution in [1.82, 2.24) is 0 Å². The molecule has 140 valence electrons. The molecule has 0 saturated carbocycles. The van der Waals surface area contributed by atoms with Gasteiger partial charge in [0, 0.05) is 21.7 Å². The average Bonchev–Trinajstić information content (AvgIpc) is 2.68. The van der Waals surface area contributed by atoms with Gasteiger partial charge in [0.05, 0.1) is 7.11 Å². The molecule has 0 aliphatic carbocycles. The third kappa shape index (κ3) is 5.31. The smallest absolute Gasteiger partial charge is 0.162 e. The van der Waals surface area contributed by atoms with Gasteiger partial charge in [-0.05, 0) is 59.7 Å². The van der Waals surface area contributed by atoms with Crippen LogP contribution < -0.4 is 14.8 Å². The third-order valence-corrected chi connectivity index (χ3v) is 4.98. The summed E-state index contributed by atoms with van der Waals surface area (Å²) in [6.45, 7) is 1.02. The number of rotatable bonds is 7. The fourth-order valence-corrected chi connectivity index (χ4v) is 3.09. The zero-order valence-electron chi connectivity index (χ0n) is 14.7. The molecule has 0 aliphatic rings. The summed E-state index contributed by atoms with van der Waals surface area (Å²) in [6.07, 6.45) is 0. The van der Waals surface area contributed by atoms with Crippen LogP contribution in [0.1, 0.15) is 11.1 Å². The van der Waals surface area contributed by atoms with Crippen molar-refractivity contribution in [3.63, 3.8) is 0 Å². The molecule has 27 heavy (non-hydrogen) atoms. The highest BCUT2D eigenvalue weighted by Crippen LogP contribution is 2.34. The molecule has 6 heteroatoms. The Labute approximate surface area is 171 Å². The van der Waals surface area contributed by atoms with Crippen molar-refractivity contribution in [3.8, 4) is 17.2 Å². The van der Waals surface area contributed by atoms with Crippen molar-refractivity contribution in [3.05, 3.63) is 81.3 Å². The molecule has 4 nitrogen and oxygen atoms in total. The highest BCUT2D eigenvalue weighted by molar-refractivity contribution is 9.10. The van der Waals surface area contributed by atoms with Gasteiger partial charge in [0.15, 0.2) is 11.5 Å². The maximum atomic E-state index is 9.36. The summed E-state index contributed by atoms with van der Waals surface area (Å²) >= 11 is 9.51. The van der Waals surface area contributed by atoms with Gasteiger partial charge >= 0.3 is 0 Å². The number of nitrogens with one attached hydrogen (secondary N) is 1. The van der Waals surface area contributed by atoms with Crippen molar-refractivity contribution < 1.29 is 14.6 Å². The summed E-state index contributed by atoms with van der Waals surface area (Å²) in [4.78, 5) is 0. The van der Waals surface area contributed by atoms with Crippen LogP contribution in [0.25, 0.3) is 0 Å². The van der Waals surface area contributed by atoms with Gasteiger partial charge in [-0.2, -0.15) is 0 Å². The first kappa shape index (κ1) is 19.4. The van der Waals surface area contributed by atoms with E-state index in [1.165, 1.54) is 0 Å². The Balaban J connectivity index is 1.70. The van der Waals surface area contributed by atoms with E-state index in [2.05, 4.69) is 21.2 Å². The minimum atomic E-state index is 0.241. The number of anilines is 1. The summed E-state index contributed by atoms with van der Waals surface area (Å²) in [6, 6.07) is 18.3. The lowest BCUT2D eigenvalue weighted by Crippen LogP contribution is -2.03. The molecule has 0 saturated heterocycles. The second-order valence-electron chi connectivity index (χ2n) is 5.91. The van der Waals surface area contributed by atoms with Gasteiger partial charge in [0.25, 0.3) is 0 Å². The normalized spacial score (nSPS) is 10.5. The highest BCUT2D eigenvalue weighted by atomic mass is 79.9. The molecule has 0 atom stereocenters. The van der Waals surface area contributed by atoms with E-state index in [1.54, 1.807) is 19.2 Å². The minimum absolute atomic E-state index is 0.241. The molecule has 0 spiro atoms. The van der Waals surface area contributed by atoms with E-state index in [1.807, 2.05) is 48.5 Å².